The molecule has 0 saturated heterocycles. The van der Waals surface area contributed by atoms with Crippen LogP contribution in [0.15, 0.2) is 79.0 Å². The van der Waals surface area contributed by atoms with Gasteiger partial charge >= 0.3 is 5.97 Å². The molecular formula is C25H23FN2O3. The van der Waals surface area contributed by atoms with Crippen molar-refractivity contribution >= 4 is 16.9 Å². The molecule has 4 rings (SSSR count). The minimum Gasteiger partial charge on any atom is -0.488 e. The summed E-state index contributed by atoms with van der Waals surface area (Å²) in [5.41, 5.74) is 3.20. The van der Waals surface area contributed by atoms with Gasteiger partial charge < -0.3 is 14.8 Å². The van der Waals surface area contributed by atoms with E-state index in [1.54, 1.807) is 24.3 Å². The number of nitrogens with one attached hydrogen (secondary N) is 2. The Morgan fingerprint density at radius 3 is 2.48 bits per heavy atom. The molecule has 1 unspecified atom stereocenters. The van der Waals surface area contributed by atoms with Crippen molar-refractivity contribution in [2.75, 3.05) is 0 Å². The average molecular weight is 418 g/mol. The molecule has 4 aromatic rings. The highest BCUT2D eigenvalue weighted by Crippen LogP contribution is 2.22. The van der Waals surface area contributed by atoms with Crippen LogP contribution < -0.4 is 10.1 Å². The van der Waals surface area contributed by atoms with Crippen molar-refractivity contribution in [1.82, 2.24) is 10.3 Å². The Morgan fingerprint density at radius 2 is 1.68 bits per heavy atom. The van der Waals surface area contributed by atoms with E-state index >= 15 is 0 Å². The zero-order valence-corrected chi connectivity index (χ0v) is 16.8. The second kappa shape index (κ2) is 9.45. The van der Waals surface area contributed by atoms with E-state index in [1.807, 2.05) is 48.7 Å². The number of hydrogen-bond acceptors (Lipinski definition) is 3. The maximum atomic E-state index is 13.9. The summed E-state index contributed by atoms with van der Waals surface area (Å²) < 4.78 is 19.7. The number of aromatic nitrogens is 1. The molecule has 5 nitrogen and oxygen atoms in total. The van der Waals surface area contributed by atoms with Gasteiger partial charge in [-0.05, 0) is 23.8 Å². The quantitative estimate of drug-likeness (QED) is 0.369. The van der Waals surface area contributed by atoms with Gasteiger partial charge in [-0.25, -0.2) is 4.39 Å². The summed E-state index contributed by atoms with van der Waals surface area (Å²) in [6, 6.07) is 20.9. The van der Waals surface area contributed by atoms with Crippen LogP contribution in [0.4, 0.5) is 4.39 Å². The summed E-state index contributed by atoms with van der Waals surface area (Å²) in [6.07, 6.45) is 2.20. The largest absolute Gasteiger partial charge is 0.488 e. The lowest BCUT2D eigenvalue weighted by Gasteiger charge is -2.17. The lowest BCUT2D eigenvalue weighted by molar-refractivity contribution is -0.139. The SMILES string of the molecule is O=C(O)C(Cc1c[nH]c2ccccc12)NCc1ccccc1OCc1ccccc1F. The van der Waals surface area contributed by atoms with E-state index in [9.17, 15) is 14.3 Å². The van der Waals surface area contributed by atoms with Gasteiger partial charge in [0.05, 0.1) is 0 Å². The first-order valence-corrected chi connectivity index (χ1v) is 10.1. The highest BCUT2D eigenvalue weighted by molar-refractivity contribution is 5.84. The van der Waals surface area contributed by atoms with Gasteiger partial charge in [-0.2, -0.15) is 0 Å². The maximum Gasteiger partial charge on any atom is 0.321 e. The summed E-state index contributed by atoms with van der Waals surface area (Å²) in [6.45, 7) is 0.411. The number of aromatic amines is 1. The number of H-pyrrole nitrogens is 1. The van der Waals surface area contributed by atoms with Crippen LogP contribution in [-0.4, -0.2) is 22.1 Å². The minimum absolute atomic E-state index is 0.0986. The van der Waals surface area contributed by atoms with E-state index in [1.165, 1.54) is 6.07 Å². The summed E-state index contributed by atoms with van der Waals surface area (Å²) in [4.78, 5) is 15.1. The van der Waals surface area contributed by atoms with Crippen molar-refractivity contribution in [3.8, 4) is 5.75 Å². The number of fused-ring (bicyclic) bond motifs is 1. The second-order valence-electron chi connectivity index (χ2n) is 7.32. The van der Waals surface area contributed by atoms with Crippen LogP contribution in [0, 0.1) is 5.82 Å². The molecule has 0 bridgehead atoms. The number of ether oxygens (including phenoxy) is 1. The lowest BCUT2D eigenvalue weighted by atomic mass is 10.0. The van der Waals surface area contributed by atoms with Crippen molar-refractivity contribution < 1.29 is 19.0 Å². The van der Waals surface area contributed by atoms with E-state index in [0.29, 0.717) is 24.3 Å². The molecule has 0 radical (unpaired) electrons. The highest BCUT2D eigenvalue weighted by Gasteiger charge is 2.20. The normalized spacial score (nSPS) is 12.0. The zero-order chi connectivity index (χ0) is 21.6. The number of hydrogen-bond donors (Lipinski definition) is 3. The van der Waals surface area contributed by atoms with Gasteiger partial charge in [0.15, 0.2) is 0 Å². The van der Waals surface area contributed by atoms with Crippen LogP contribution in [0.5, 0.6) is 5.75 Å². The van der Waals surface area contributed by atoms with Crippen molar-refractivity contribution in [1.29, 1.82) is 0 Å². The molecule has 0 saturated carbocycles. The van der Waals surface area contributed by atoms with Gasteiger partial charge in [0.1, 0.15) is 24.2 Å². The van der Waals surface area contributed by atoms with Gasteiger partial charge in [0.2, 0.25) is 0 Å². The van der Waals surface area contributed by atoms with Crippen molar-refractivity contribution in [3.05, 3.63) is 102 Å². The number of carbonyl (C=O) groups is 1. The van der Waals surface area contributed by atoms with E-state index in [-0.39, 0.29) is 12.4 Å². The Morgan fingerprint density at radius 1 is 0.968 bits per heavy atom. The molecule has 0 aliphatic heterocycles. The molecule has 0 aliphatic carbocycles. The second-order valence-corrected chi connectivity index (χ2v) is 7.32. The van der Waals surface area contributed by atoms with Crippen LogP contribution in [-0.2, 0) is 24.4 Å². The van der Waals surface area contributed by atoms with E-state index < -0.39 is 12.0 Å². The first-order valence-electron chi connectivity index (χ1n) is 10.1. The monoisotopic (exact) mass is 418 g/mol. The van der Waals surface area contributed by atoms with Crippen LogP contribution in [0.25, 0.3) is 10.9 Å². The molecule has 3 N–H and O–H groups in total. The van der Waals surface area contributed by atoms with Gasteiger partial charge in [0.25, 0.3) is 0 Å². The Kier molecular flexibility index (Phi) is 6.29. The first-order chi connectivity index (χ1) is 15.1. The van der Waals surface area contributed by atoms with Gasteiger partial charge in [-0.1, -0.05) is 54.6 Å². The number of para-hydroxylation sites is 2. The third-order valence-corrected chi connectivity index (χ3v) is 5.25. The molecule has 6 heteroatoms. The fourth-order valence-corrected chi connectivity index (χ4v) is 3.56. The molecule has 158 valence electrons. The maximum absolute atomic E-state index is 13.9. The van der Waals surface area contributed by atoms with Crippen LogP contribution in [0.2, 0.25) is 0 Å². The molecule has 31 heavy (non-hydrogen) atoms. The fraction of sp³-hybridized carbons (Fsp3) is 0.160. The summed E-state index contributed by atoms with van der Waals surface area (Å²) in [5.74, 6) is -0.646. The average Bonchev–Trinajstić information content (AvgIpc) is 3.19. The Balaban J connectivity index is 1.44. The van der Waals surface area contributed by atoms with Crippen molar-refractivity contribution in [3.63, 3.8) is 0 Å². The Bertz CT molecular complexity index is 1190. The third kappa shape index (κ3) is 4.92. The van der Waals surface area contributed by atoms with E-state index in [0.717, 1.165) is 22.0 Å². The van der Waals surface area contributed by atoms with Gasteiger partial charge in [-0.3, -0.25) is 10.1 Å². The summed E-state index contributed by atoms with van der Waals surface area (Å²) in [7, 11) is 0. The number of benzene rings is 3. The standard InChI is InChI=1S/C25H23FN2O3/c26-21-10-4-1-8-18(21)16-31-24-12-6-2-7-17(24)14-28-23(25(29)30)13-19-15-27-22-11-5-3-9-20(19)22/h1-12,15,23,27-28H,13-14,16H2,(H,29,30). The number of carboxylic acids is 1. The Labute approximate surface area is 179 Å². The molecule has 3 aromatic carbocycles. The predicted molar refractivity (Wildman–Crippen MR) is 117 cm³/mol. The molecule has 0 amide bonds. The minimum atomic E-state index is -0.921. The van der Waals surface area contributed by atoms with Gasteiger partial charge in [-0.15, -0.1) is 0 Å². The van der Waals surface area contributed by atoms with Crippen molar-refractivity contribution in [2.24, 2.45) is 0 Å². The predicted octanol–water partition coefficient (Wildman–Crippen LogP) is 4.67. The van der Waals surface area contributed by atoms with E-state index in [2.05, 4.69) is 10.3 Å². The molecule has 0 fully saturated rings. The number of aliphatic carboxylic acids is 1. The van der Waals surface area contributed by atoms with Crippen molar-refractivity contribution in [2.45, 2.75) is 25.6 Å². The summed E-state index contributed by atoms with van der Waals surface area (Å²) >= 11 is 0. The van der Waals surface area contributed by atoms with E-state index in [4.69, 9.17) is 4.74 Å². The third-order valence-electron chi connectivity index (χ3n) is 5.25. The topological polar surface area (TPSA) is 74.3 Å². The van der Waals surface area contributed by atoms with Gasteiger partial charge in [0, 0.05) is 41.2 Å². The van der Waals surface area contributed by atoms with Crippen LogP contribution >= 0.6 is 0 Å². The number of carboxylic acid groups (broad SMARTS) is 1. The Hall–Kier alpha value is -3.64. The lowest BCUT2D eigenvalue weighted by Crippen LogP contribution is -2.38. The first kappa shape index (κ1) is 20.6. The molecule has 1 heterocycles. The molecule has 1 aromatic heterocycles. The highest BCUT2D eigenvalue weighted by atomic mass is 19.1. The molecular weight excluding hydrogens is 395 g/mol. The molecule has 0 aliphatic rings. The zero-order valence-electron chi connectivity index (χ0n) is 16.8. The van der Waals surface area contributed by atoms with Crippen LogP contribution in [0.3, 0.4) is 0 Å². The fourth-order valence-electron chi connectivity index (χ4n) is 3.56. The number of halogens is 1. The summed E-state index contributed by atoms with van der Waals surface area (Å²) in [5, 5.41) is 13.9. The molecule has 1 atom stereocenters. The number of rotatable bonds is 9. The molecule has 0 spiro atoms. The van der Waals surface area contributed by atoms with Crippen LogP contribution in [0.1, 0.15) is 16.7 Å². The smallest absolute Gasteiger partial charge is 0.321 e.